The summed E-state index contributed by atoms with van der Waals surface area (Å²) in [4.78, 5) is 13.4. The van der Waals surface area contributed by atoms with Crippen molar-refractivity contribution >= 4 is 25.6 Å². The van der Waals surface area contributed by atoms with Crippen LogP contribution >= 0.6 is 11.6 Å². The van der Waals surface area contributed by atoms with Crippen molar-refractivity contribution in [2.24, 2.45) is 5.41 Å². The topological polar surface area (TPSA) is 29.5 Å². The average molecular weight is 240 g/mol. The Morgan fingerprint density at radius 2 is 2.38 bits per heavy atom. The van der Waals surface area contributed by atoms with E-state index < -0.39 is 5.41 Å². The van der Waals surface area contributed by atoms with Crippen LogP contribution in [0.5, 0.6) is 0 Å². The summed E-state index contributed by atoms with van der Waals surface area (Å²) in [5.41, 5.74) is -0.164. The number of piperidine rings is 1. The van der Waals surface area contributed by atoms with E-state index in [4.69, 9.17) is 24.3 Å². The number of hydrogen-bond donors (Lipinski definition) is 0. The number of ether oxygens (including phenoxy) is 1. The first-order chi connectivity index (χ1) is 7.38. The maximum atomic E-state index is 11.9. The molecular weight excluding hydrogens is 224 g/mol. The largest absolute Gasteiger partial charge is 0.459 e. The molecule has 1 fully saturated rings. The molecule has 0 saturated carbocycles. The molecule has 5 heteroatoms. The Balaban J connectivity index is 2.71. The molecule has 0 aromatic rings. The quantitative estimate of drug-likeness (QED) is 0.557. The smallest absolute Gasteiger partial charge is 0.318 e. The van der Waals surface area contributed by atoms with Gasteiger partial charge >= 0.3 is 5.97 Å². The van der Waals surface area contributed by atoms with Gasteiger partial charge in [-0.25, -0.2) is 0 Å². The summed E-state index contributed by atoms with van der Waals surface area (Å²) in [6, 6.07) is 0. The summed E-state index contributed by atoms with van der Waals surface area (Å²) < 4.78 is 5.05. The molecule has 86 valence electrons. The number of carbonyl (C=O) groups excluding carboxylic acids is 1. The molecule has 16 heavy (non-hydrogen) atoms. The monoisotopic (exact) mass is 239 g/mol. The molecule has 3 nitrogen and oxygen atoms in total. The lowest BCUT2D eigenvalue weighted by Gasteiger charge is -2.40. The van der Waals surface area contributed by atoms with Crippen molar-refractivity contribution in [3.05, 3.63) is 23.9 Å². The van der Waals surface area contributed by atoms with Gasteiger partial charge in [-0.2, -0.15) is 0 Å². The third kappa shape index (κ3) is 2.61. The summed E-state index contributed by atoms with van der Waals surface area (Å²) in [6.45, 7) is 9.82. The van der Waals surface area contributed by atoms with E-state index >= 15 is 0 Å². The molecule has 1 saturated heterocycles. The van der Waals surface area contributed by atoms with Crippen molar-refractivity contribution in [1.82, 2.24) is 4.81 Å². The summed E-state index contributed by atoms with van der Waals surface area (Å²) in [6.07, 6.45) is 1.52. The Labute approximate surface area is 103 Å². The van der Waals surface area contributed by atoms with Crippen molar-refractivity contribution < 1.29 is 9.53 Å². The van der Waals surface area contributed by atoms with E-state index in [1.807, 2.05) is 0 Å². The van der Waals surface area contributed by atoms with E-state index in [1.54, 1.807) is 6.92 Å². The lowest BCUT2D eigenvalue weighted by molar-refractivity contribution is -0.153. The molecule has 0 N–H and O–H groups in total. The predicted molar refractivity (Wildman–Crippen MR) is 64.9 cm³/mol. The highest BCUT2D eigenvalue weighted by Gasteiger charge is 2.41. The number of hydrogen-bond acceptors (Lipinski definition) is 3. The minimum absolute atomic E-state index is 0.0217. The lowest BCUT2D eigenvalue weighted by atomic mass is 9.78. The molecular formula is C11H15BClNO2. The molecule has 1 aliphatic rings. The molecule has 2 radical (unpaired) electrons. The molecule has 0 bridgehead atoms. The molecule has 1 aliphatic heterocycles. The van der Waals surface area contributed by atoms with Crippen molar-refractivity contribution in [2.75, 3.05) is 13.2 Å². The second-order valence-electron chi connectivity index (χ2n) is 4.17. The third-order valence-electron chi connectivity index (χ3n) is 2.87. The second-order valence-corrected chi connectivity index (χ2v) is 4.70. The van der Waals surface area contributed by atoms with E-state index in [2.05, 4.69) is 13.2 Å². The Kier molecular flexibility index (Phi) is 4.08. The number of carbonyl (C=O) groups is 1. The van der Waals surface area contributed by atoms with Gasteiger partial charge in [-0.3, -0.25) is 4.79 Å². The van der Waals surface area contributed by atoms with Gasteiger partial charge in [0.05, 0.1) is 0 Å². The molecule has 1 rings (SSSR count). The highest BCUT2D eigenvalue weighted by molar-refractivity contribution is 6.29. The summed E-state index contributed by atoms with van der Waals surface area (Å²) in [7, 11) is 5.73. The molecule has 0 spiro atoms. The van der Waals surface area contributed by atoms with E-state index in [-0.39, 0.29) is 12.6 Å². The van der Waals surface area contributed by atoms with Crippen molar-refractivity contribution in [3.63, 3.8) is 0 Å². The third-order valence-corrected chi connectivity index (χ3v) is 2.98. The van der Waals surface area contributed by atoms with E-state index in [0.717, 1.165) is 6.42 Å². The number of rotatable bonds is 3. The maximum Gasteiger partial charge on any atom is 0.318 e. The van der Waals surface area contributed by atoms with E-state index in [0.29, 0.717) is 23.7 Å². The highest BCUT2D eigenvalue weighted by Crippen LogP contribution is 2.38. The summed E-state index contributed by atoms with van der Waals surface area (Å²) >= 11 is 5.54. The first-order valence-electron chi connectivity index (χ1n) is 5.10. The van der Waals surface area contributed by atoms with Crippen molar-refractivity contribution in [2.45, 2.75) is 19.8 Å². The molecule has 1 unspecified atom stereocenters. The molecule has 0 aliphatic carbocycles. The Morgan fingerprint density at radius 3 is 2.94 bits per heavy atom. The zero-order chi connectivity index (χ0) is 12.3. The summed E-state index contributed by atoms with van der Waals surface area (Å²) in [5, 5.41) is 0.294. The fourth-order valence-corrected chi connectivity index (χ4v) is 1.78. The van der Waals surface area contributed by atoms with Gasteiger partial charge < -0.3 is 9.55 Å². The van der Waals surface area contributed by atoms with Crippen molar-refractivity contribution in [1.29, 1.82) is 0 Å². The number of nitrogens with zero attached hydrogens (tertiary/aromatic N) is 1. The van der Waals surface area contributed by atoms with Crippen LogP contribution in [0.1, 0.15) is 19.8 Å². The van der Waals surface area contributed by atoms with Crippen LogP contribution < -0.4 is 0 Å². The van der Waals surface area contributed by atoms with Crippen LogP contribution in [-0.2, 0) is 9.53 Å². The normalized spacial score (nSPS) is 25.4. The number of halogens is 1. The Morgan fingerprint density at radius 1 is 1.75 bits per heavy atom. The van der Waals surface area contributed by atoms with Crippen LogP contribution in [-0.4, -0.2) is 31.9 Å². The van der Waals surface area contributed by atoms with Crippen LogP contribution in [0.4, 0.5) is 0 Å². The fraction of sp³-hybridized carbons (Fsp3) is 0.545. The SMILES string of the molecule is [B]N1CCCC(C)(C(=O)OCC(=C)Cl)C1=C. The summed E-state index contributed by atoms with van der Waals surface area (Å²) in [5.74, 6) is -0.352. The van der Waals surface area contributed by atoms with Gasteiger partial charge in [-0.05, 0) is 19.8 Å². The van der Waals surface area contributed by atoms with Gasteiger partial charge in [-0.1, -0.05) is 24.8 Å². The van der Waals surface area contributed by atoms with Gasteiger partial charge in [-0.15, -0.1) is 0 Å². The average Bonchev–Trinajstić information content (AvgIpc) is 2.22. The zero-order valence-corrected chi connectivity index (χ0v) is 10.2. The van der Waals surface area contributed by atoms with Gasteiger partial charge in [0.25, 0.3) is 0 Å². The Hall–Kier alpha value is -0.895. The Bertz CT molecular complexity index is 332. The molecule has 0 amide bonds. The second kappa shape index (κ2) is 4.96. The van der Waals surface area contributed by atoms with Crippen LogP contribution in [0.3, 0.4) is 0 Å². The zero-order valence-electron chi connectivity index (χ0n) is 9.46. The molecule has 1 heterocycles. The number of esters is 1. The minimum Gasteiger partial charge on any atom is -0.459 e. The van der Waals surface area contributed by atoms with Gasteiger partial charge in [0.2, 0.25) is 7.98 Å². The molecule has 0 aromatic carbocycles. The van der Waals surface area contributed by atoms with Crippen molar-refractivity contribution in [3.8, 4) is 0 Å². The van der Waals surface area contributed by atoms with Gasteiger partial charge in [0, 0.05) is 17.3 Å². The highest BCUT2D eigenvalue weighted by atomic mass is 35.5. The lowest BCUT2D eigenvalue weighted by Crippen LogP contribution is -2.43. The van der Waals surface area contributed by atoms with Gasteiger partial charge in [0.15, 0.2) is 0 Å². The van der Waals surface area contributed by atoms with E-state index in [1.165, 1.54) is 4.81 Å². The van der Waals surface area contributed by atoms with Gasteiger partial charge in [0.1, 0.15) is 12.0 Å². The first-order valence-corrected chi connectivity index (χ1v) is 5.48. The van der Waals surface area contributed by atoms with Crippen LogP contribution in [0.15, 0.2) is 23.9 Å². The predicted octanol–water partition coefficient (Wildman–Crippen LogP) is 1.98. The fourth-order valence-electron chi connectivity index (χ4n) is 1.72. The minimum atomic E-state index is -0.751. The van der Waals surface area contributed by atoms with Crippen LogP contribution in [0, 0.1) is 5.41 Å². The molecule has 0 aromatic heterocycles. The first kappa shape index (κ1) is 13.2. The van der Waals surface area contributed by atoms with Crippen LogP contribution in [0.25, 0.3) is 0 Å². The van der Waals surface area contributed by atoms with Crippen LogP contribution in [0.2, 0.25) is 0 Å². The maximum absolute atomic E-state index is 11.9. The molecule has 1 atom stereocenters. The standard InChI is InChI=1S/C11H15BClNO2/c1-8(13)7-16-10(15)11(3)5-4-6-14(12)9(11)2/h1-2,4-7H2,3H3. The van der Waals surface area contributed by atoms with E-state index in [9.17, 15) is 4.79 Å².